The average Bonchev–Trinajstić information content (AvgIpc) is 3.10. The zero-order chi connectivity index (χ0) is 24.2. The van der Waals surface area contributed by atoms with Gasteiger partial charge in [-0.15, -0.1) is 0 Å². The molecule has 0 fully saturated rings. The van der Waals surface area contributed by atoms with E-state index < -0.39 is 12.1 Å². The first-order chi connectivity index (χ1) is 16.3. The highest BCUT2D eigenvalue weighted by atomic mass is 35.5. The number of nitrogens with zero attached hydrogens (tertiary/aromatic N) is 3. The van der Waals surface area contributed by atoms with Gasteiger partial charge in [-0.1, -0.05) is 59.6 Å². The van der Waals surface area contributed by atoms with E-state index in [1.807, 2.05) is 48.5 Å². The Labute approximate surface area is 208 Å². The van der Waals surface area contributed by atoms with Gasteiger partial charge in [0.1, 0.15) is 5.15 Å². The van der Waals surface area contributed by atoms with Gasteiger partial charge in [0.15, 0.2) is 6.10 Å². The molecule has 0 spiro atoms. The number of anilines is 1. The van der Waals surface area contributed by atoms with E-state index in [2.05, 4.69) is 5.10 Å². The van der Waals surface area contributed by atoms with E-state index in [0.717, 1.165) is 29.7 Å². The Hall–Kier alpha value is -3.09. The fourth-order valence-electron chi connectivity index (χ4n) is 4.05. The molecule has 0 saturated carbocycles. The smallest absolute Gasteiger partial charge is 0.331 e. The molecule has 176 valence electrons. The SMILES string of the molecule is Cc1nn(Cc2ccccc2Cl)c(Cl)c1/C=C/C(=O)OC(C)C(=O)N1CCCc2ccccc21. The molecule has 1 atom stereocenters. The molecule has 1 aliphatic rings. The number of esters is 1. The number of aryl methyl sites for hydroxylation is 2. The van der Waals surface area contributed by atoms with Crippen molar-refractivity contribution in [1.82, 2.24) is 9.78 Å². The molecular weight excluding hydrogens is 473 g/mol. The highest BCUT2D eigenvalue weighted by Crippen LogP contribution is 2.28. The quantitative estimate of drug-likeness (QED) is 0.334. The van der Waals surface area contributed by atoms with Crippen molar-refractivity contribution in [2.24, 2.45) is 0 Å². The number of hydrogen-bond acceptors (Lipinski definition) is 4. The number of halogens is 2. The van der Waals surface area contributed by atoms with E-state index in [1.54, 1.807) is 29.5 Å². The molecule has 1 amide bonds. The molecule has 2 aromatic carbocycles. The number of fused-ring (bicyclic) bond motifs is 1. The molecule has 3 aromatic rings. The van der Waals surface area contributed by atoms with Crippen LogP contribution in [0.1, 0.15) is 35.7 Å². The number of carbonyl (C=O) groups excluding carboxylic acids is 2. The minimum Gasteiger partial charge on any atom is -0.449 e. The molecule has 8 heteroatoms. The van der Waals surface area contributed by atoms with Crippen LogP contribution in [-0.2, 0) is 27.3 Å². The molecule has 0 radical (unpaired) electrons. The number of para-hydroxylation sites is 1. The zero-order valence-electron chi connectivity index (χ0n) is 19.0. The fraction of sp³-hybridized carbons (Fsp3) is 0.269. The molecule has 1 aromatic heterocycles. The third kappa shape index (κ3) is 5.18. The molecule has 0 bridgehead atoms. The standard InChI is InChI=1S/C26H25Cl2N3O3/c1-17-21(25(28)31(29-17)16-20-9-3-5-11-22(20)27)13-14-24(32)34-18(2)26(33)30-15-7-10-19-8-4-6-12-23(19)30/h3-6,8-9,11-14,18H,7,10,15-16H2,1-2H3/b14-13+. The normalized spacial score (nSPS) is 14.2. The summed E-state index contributed by atoms with van der Waals surface area (Å²) in [4.78, 5) is 27.1. The van der Waals surface area contributed by atoms with Gasteiger partial charge >= 0.3 is 5.97 Å². The van der Waals surface area contributed by atoms with Crippen molar-refractivity contribution < 1.29 is 14.3 Å². The maximum atomic E-state index is 13.0. The van der Waals surface area contributed by atoms with E-state index >= 15 is 0 Å². The van der Waals surface area contributed by atoms with E-state index in [0.29, 0.717) is 34.5 Å². The van der Waals surface area contributed by atoms with Gasteiger partial charge in [-0.2, -0.15) is 5.10 Å². The van der Waals surface area contributed by atoms with Gasteiger partial charge < -0.3 is 9.64 Å². The van der Waals surface area contributed by atoms with E-state index in [-0.39, 0.29) is 5.91 Å². The van der Waals surface area contributed by atoms with Crippen LogP contribution in [0.25, 0.3) is 6.08 Å². The van der Waals surface area contributed by atoms with Gasteiger partial charge in [-0.3, -0.25) is 4.79 Å². The van der Waals surface area contributed by atoms with Crippen molar-refractivity contribution in [3.63, 3.8) is 0 Å². The molecule has 2 heterocycles. The average molecular weight is 498 g/mol. The lowest BCUT2D eigenvalue weighted by Gasteiger charge is -2.31. The van der Waals surface area contributed by atoms with Gasteiger partial charge in [0.25, 0.3) is 5.91 Å². The lowest BCUT2D eigenvalue weighted by atomic mass is 10.0. The number of aromatic nitrogens is 2. The summed E-state index contributed by atoms with van der Waals surface area (Å²) in [5.74, 6) is -0.865. The second-order valence-corrected chi connectivity index (χ2v) is 8.94. The van der Waals surface area contributed by atoms with Crippen LogP contribution >= 0.6 is 23.2 Å². The van der Waals surface area contributed by atoms with E-state index in [4.69, 9.17) is 27.9 Å². The second kappa shape index (κ2) is 10.5. The van der Waals surface area contributed by atoms with Crippen LogP contribution in [0.5, 0.6) is 0 Å². The van der Waals surface area contributed by atoms with Crippen LogP contribution in [0.3, 0.4) is 0 Å². The van der Waals surface area contributed by atoms with Gasteiger partial charge in [-0.05, 0) is 56.0 Å². The van der Waals surface area contributed by atoms with Crippen LogP contribution < -0.4 is 4.90 Å². The van der Waals surface area contributed by atoms with Crippen LogP contribution in [0.4, 0.5) is 5.69 Å². The van der Waals surface area contributed by atoms with Crippen LogP contribution in [-0.4, -0.2) is 34.3 Å². The van der Waals surface area contributed by atoms with Gasteiger partial charge in [-0.25, -0.2) is 9.48 Å². The maximum Gasteiger partial charge on any atom is 0.331 e. The molecule has 34 heavy (non-hydrogen) atoms. The monoisotopic (exact) mass is 497 g/mol. The van der Waals surface area contributed by atoms with Crippen molar-refractivity contribution in [3.8, 4) is 0 Å². The third-order valence-electron chi connectivity index (χ3n) is 5.79. The first kappa shape index (κ1) is 24.0. The summed E-state index contributed by atoms with van der Waals surface area (Å²) in [5.41, 5.74) is 4.16. The fourth-order valence-corrected chi connectivity index (χ4v) is 4.54. The molecule has 6 nitrogen and oxygen atoms in total. The Morgan fingerprint density at radius 1 is 1.15 bits per heavy atom. The summed E-state index contributed by atoms with van der Waals surface area (Å²) < 4.78 is 7.02. The van der Waals surface area contributed by atoms with Crippen LogP contribution in [0.15, 0.2) is 54.6 Å². The van der Waals surface area contributed by atoms with E-state index in [9.17, 15) is 9.59 Å². The summed E-state index contributed by atoms with van der Waals surface area (Å²) in [6, 6.07) is 15.3. The molecule has 1 aliphatic heterocycles. The number of benzene rings is 2. The van der Waals surface area contributed by atoms with E-state index in [1.165, 1.54) is 6.08 Å². The lowest BCUT2D eigenvalue weighted by molar-refractivity contribution is -0.149. The maximum absolute atomic E-state index is 13.0. The lowest BCUT2D eigenvalue weighted by Crippen LogP contribution is -2.42. The molecule has 1 unspecified atom stereocenters. The zero-order valence-corrected chi connectivity index (χ0v) is 20.5. The summed E-state index contributed by atoms with van der Waals surface area (Å²) in [7, 11) is 0. The summed E-state index contributed by atoms with van der Waals surface area (Å²) in [5, 5.41) is 5.47. The Bertz CT molecular complexity index is 1250. The molecule has 4 rings (SSSR count). The Morgan fingerprint density at radius 3 is 2.68 bits per heavy atom. The second-order valence-electron chi connectivity index (χ2n) is 8.17. The number of amides is 1. The number of carbonyl (C=O) groups is 2. The van der Waals surface area contributed by atoms with Crippen molar-refractivity contribution in [1.29, 1.82) is 0 Å². The van der Waals surface area contributed by atoms with Crippen LogP contribution in [0, 0.1) is 6.92 Å². The van der Waals surface area contributed by atoms with Crippen molar-refractivity contribution in [2.75, 3.05) is 11.4 Å². The van der Waals surface area contributed by atoms with Crippen molar-refractivity contribution in [2.45, 2.75) is 39.3 Å². The number of rotatable bonds is 6. The molecule has 0 saturated heterocycles. The Morgan fingerprint density at radius 2 is 1.88 bits per heavy atom. The third-order valence-corrected chi connectivity index (χ3v) is 6.56. The molecular formula is C26H25Cl2N3O3. The highest BCUT2D eigenvalue weighted by molar-refractivity contribution is 6.32. The summed E-state index contributed by atoms with van der Waals surface area (Å²) in [6.45, 7) is 4.40. The molecule has 0 aliphatic carbocycles. The van der Waals surface area contributed by atoms with Crippen molar-refractivity contribution in [3.05, 3.63) is 87.2 Å². The highest BCUT2D eigenvalue weighted by Gasteiger charge is 2.28. The number of ether oxygens (including phenoxy) is 1. The summed E-state index contributed by atoms with van der Waals surface area (Å²) >= 11 is 12.8. The summed E-state index contributed by atoms with van der Waals surface area (Å²) in [6.07, 6.45) is 3.72. The number of hydrogen-bond donors (Lipinski definition) is 0. The largest absolute Gasteiger partial charge is 0.449 e. The predicted octanol–water partition coefficient (Wildman–Crippen LogP) is 5.47. The van der Waals surface area contributed by atoms with Crippen LogP contribution in [0.2, 0.25) is 10.2 Å². The Balaban J connectivity index is 1.42. The minimum absolute atomic E-state index is 0.240. The van der Waals surface area contributed by atoms with Gasteiger partial charge in [0.05, 0.1) is 12.2 Å². The minimum atomic E-state index is -0.914. The first-order valence-corrected chi connectivity index (χ1v) is 11.8. The first-order valence-electron chi connectivity index (χ1n) is 11.1. The predicted molar refractivity (Wildman–Crippen MR) is 134 cm³/mol. The van der Waals surface area contributed by atoms with Gasteiger partial charge in [0.2, 0.25) is 0 Å². The Kier molecular flexibility index (Phi) is 7.39. The van der Waals surface area contributed by atoms with Gasteiger partial charge in [0, 0.05) is 28.9 Å². The molecule has 0 N–H and O–H groups in total. The topological polar surface area (TPSA) is 64.4 Å². The van der Waals surface area contributed by atoms with Crippen molar-refractivity contribution >= 4 is 46.8 Å².